The van der Waals surface area contributed by atoms with Crippen molar-refractivity contribution in [2.24, 2.45) is 5.73 Å². The fourth-order valence-corrected chi connectivity index (χ4v) is 3.12. The van der Waals surface area contributed by atoms with Crippen LogP contribution in [0.15, 0.2) is 18.2 Å². The molecule has 9 heteroatoms. The minimum absolute atomic E-state index is 0.255. The predicted molar refractivity (Wildman–Crippen MR) is 96.1 cm³/mol. The van der Waals surface area contributed by atoms with Gasteiger partial charge in [-0.1, -0.05) is 23.2 Å². The molecule has 2 amide bonds. The fourth-order valence-electron chi connectivity index (χ4n) is 2.67. The predicted octanol–water partition coefficient (Wildman–Crippen LogP) is 2.17. The molecule has 0 radical (unpaired) electrons. The van der Waals surface area contributed by atoms with Crippen molar-refractivity contribution in [3.63, 3.8) is 0 Å². The second-order valence-corrected chi connectivity index (χ2v) is 6.79. The number of hydrogen-bond acceptors (Lipinski definition) is 5. The maximum atomic E-state index is 12.3. The van der Waals surface area contributed by atoms with Gasteiger partial charge in [0, 0.05) is 11.6 Å². The van der Waals surface area contributed by atoms with Gasteiger partial charge in [0.15, 0.2) is 12.7 Å². The SMILES string of the molecule is C[C@@H](Oc1ccc(Cl)cc1Cl)C(=O)OCC(=O)N1CCCC[C@@H]1C(N)=O. The number of nitrogens with zero attached hydrogens (tertiary/aromatic N) is 1. The highest BCUT2D eigenvalue weighted by atomic mass is 35.5. The van der Waals surface area contributed by atoms with E-state index in [1.165, 1.54) is 24.0 Å². The molecule has 1 heterocycles. The molecule has 1 aromatic carbocycles. The molecule has 7 nitrogen and oxygen atoms in total. The van der Waals surface area contributed by atoms with Gasteiger partial charge in [-0.05, 0) is 44.4 Å². The number of carbonyl (C=O) groups excluding carboxylic acids is 3. The van der Waals surface area contributed by atoms with Gasteiger partial charge in [-0.2, -0.15) is 0 Å². The first-order chi connectivity index (χ1) is 12.3. The topological polar surface area (TPSA) is 98.9 Å². The molecule has 0 saturated carbocycles. The molecule has 1 fully saturated rings. The smallest absolute Gasteiger partial charge is 0.347 e. The van der Waals surface area contributed by atoms with Gasteiger partial charge in [0.05, 0.1) is 5.02 Å². The Morgan fingerprint density at radius 1 is 1.31 bits per heavy atom. The number of likely N-dealkylation sites (tertiary alicyclic amines) is 1. The molecule has 1 aromatic rings. The van der Waals surface area contributed by atoms with Crippen molar-refractivity contribution in [1.29, 1.82) is 0 Å². The van der Waals surface area contributed by atoms with E-state index in [0.717, 1.165) is 12.8 Å². The average molecular weight is 403 g/mol. The lowest BCUT2D eigenvalue weighted by Crippen LogP contribution is -2.51. The number of piperidine rings is 1. The first kappa shape index (κ1) is 20.3. The lowest BCUT2D eigenvalue weighted by Gasteiger charge is -2.33. The summed E-state index contributed by atoms with van der Waals surface area (Å²) in [7, 11) is 0. The van der Waals surface area contributed by atoms with Gasteiger partial charge in [-0.25, -0.2) is 4.79 Å². The lowest BCUT2D eigenvalue weighted by atomic mass is 10.0. The van der Waals surface area contributed by atoms with Crippen molar-refractivity contribution in [3.8, 4) is 5.75 Å². The van der Waals surface area contributed by atoms with E-state index in [2.05, 4.69) is 0 Å². The number of rotatable bonds is 6. The molecule has 1 saturated heterocycles. The van der Waals surface area contributed by atoms with Crippen molar-refractivity contribution in [1.82, 2.24) is 4.90 Å². The van der Waals surface area contributed by atoms with Crippen molar-refractivity contribution in [2.75, 3.05) is 13.2 Å². The van der Waals surface area contributed by atoms with Crippen LogP contribution in [0.1, 0.15) is 26.2 Å². The van der Waals surface area contributed by atoms with Gasteiger partial charge in [0.1, 0.15) is 11.8 Å². The van der Waals surface area contributed by atoms with Crippen LogP contribution in [-0.4, -0.2) is 48.0 Å². The summed E-state index contributed by atoms with van der Waals surface area (Å²) in [6.07, 6.45) is 1.14. The maximum Gasteiger partial charge on any atom is 0.347 e. The number of primary amides is 1. The zero-order chi connectivity index (χ0) is 19.3. The summed E-state index contributed by atoms with van der Waals surface area (Å²) in [4.78, 5) is 37.1. The van der Waals surface area contributed by atoms with E-state index in [-0.39, 0.29) is 10.8 Å². The Balaban J connectivity index is 1.88. The second-order valence-electron chi connectivity index (χ2n) is 5.94. The Morgan fingerprint density at radius 3 is 2.69 bits per heavy atom. The van der Waals surface area contributed by atoms with Crippen LogP contribution in [0.2, 0.25) is 10.0 Å². The molecule has 0 spiro atoms. The Kier molecular flexibility index (Phi) is 7.11. The van der Waals surface area contributed by atoms with Crippen LogP contribution in [0.4, 0.5) is 0 Å². The third-order valence-electron chi connectivity index (χ3n) is 4.02. The molecule has 0 bridgehead atoms. The highest BCUT2D eigenvalue weighted by molar-refractivity contribution is 6.35. The fraction of sp³-hybridized carbons (Fsp3) is 0.471. The van der Waals surface area contributed by atoms with E-state index < -0.39 is 36.5 Å². The highest BCUT2D eigenvalue weighted by Crippen LogP contribution is 2.28. The Hall–Kier alpha value is -1.99. The second kappa shape index (κ2) is 9.09. The molecule has 2 atom stereocenters. The van der Waals surface area contributed by atoms with Gasteiger partial charge < -0.3 is 20.1 Å². The number of carbonyl (C=O) groups is 3. The van der Waals surface area contributed by atoms with Crippen molar-refractivity contribution in [3.05, 3.63) is 28.2 Å². The summed E-state index contributed by atoms with van der Waals surface area (Å²) in [5.74, 6) is -1.47. The highest BCUT2D eigenvalue weighted by Gasteiger charge is 2.31. The minimum atomic E-state index is -0.977. The molecule has 1 aliphatic rings. The van der Waals surface area contributed by atoms with E-state index in [1.54, 1.807) is 6.07 Å². The molecule has 1 aliphatic heterocycles. The molecule has 0 unspecified atom stereocenters. The Labute approximate surface area is 161 Å². The largest absolute Gasteiger partial charge is 0.477 e. The van der Waals surface area contributed by atoms with E-state index in [9.17, 15) is 14.4 Å². The van der Waals surface area contributed by atoms with Crippen molar-refractivity contribution in [2.45, 2.75) is 38.3 Å². The van der Waals surface area contributed by atoms with E-state index in [4.69, 9.17) is 38.4 Å². The molecule has 26 heavy (non-hydrogen) atoms. The molecule has 142 valence electrons. The third kappa shape index (κ3) is 5.25. The summed E-state index contributed by atoms with van der Waals surface area (Å²) in [5, 5.41) is 0.694. The van der Waals surface area contributed by atoms with Gasteiger partial charge in [-0.15, -0.1) is 0 Å². The first-order valence-corrected chi connectivity index (χ1v) is 8.92. The number of esters is 1. The lowest BCUT2D eigenvalue weighted by molar-refractivity contribution is -0.159. The van der Waals surface area contributed by atoms with Crippen LogP contribution in [0.5, 0.6) is 5.75 Å². The number of halogens is 2. The quantitative estimate of drug-likeness (QED) is 0.734. The number of ether oxygens (including phenoxy) is 2. The third-order valence-corrected chi connectivity index (χ3v) is 4.55. The van der Waals surface area contributed by atoms with E-state index >= 15 is 0 Å². The maximum absolute atomic E-state index is 12.3. The minimum Gasteiger partial charge on any atom is -0.477 e. The molecule has 0 aliphatic carbocycles. The molecule has 2 rings (SSSR count). The zero-order valence-electron chi connectivity index (χ0n) is 14.2. The van der Waals surface area contributed by atoms with E-state index in [1.807, 2.05) is 0 Å². The summed E-state index contributed by atoms with van der Waals surface area (Å²) in [6.45, 7) is 1.41. The van der Waals surface area contributed by atoms with Crippen LogP contribution in [0.3, 0.4) is 0 Å². The van der Waals surface area contributed by atoms with Crippen molar-refractivity contribution >= 4 is 41.0 Å². The summed E-state index contributed by atoms with van der Waals surface area (Å²) >= 11 is 11.8. The van der Waals surface area contributed by atoms with Crippen LogP contribution >= 0.6 is 23.2 Å². The number of hydrogen-bond donors (Lipinski definition) is 1. The standard InChI is InChI=1S/C17H20Cl2N2O5/c1-10(26-14-6-5-11(18)8-12(14)19)17(24)25-9-15(22)21-7-3-2-4-13(21)16(20)23/h5-6,8,10,13H,2-4,7,9H2,1H3,(H2,20,23)/t10-,13-/m1/s1. The molecule has 0 aromatic heterocycles. The van der Waals surface area contributed by atoms with Crippen molar-refractivity contribution < 1.29 is 23.9 Å². The summed E-state index contributed by atoms with van der Waals surface area (Å²) in [5.41, 5.74) is 5.33. The monoisotopic (exact) mass is 402 g/mol. The van der Waals surface area contributed by atoms with Crippen LogP contribution in [0, 0.1) is 0 Å². The average Bonchev–Trinajstić information content (AvgIpc) is 2.61. The first-order valence-electron chi connectivity index (χ1n) is 8.16. The normalized spacial score (nSPS) is 18.1. The summed E-state index contributed by atoms with van der Waals surface area (Å²) < 4.78 is 10.4. The van der Waals surface area contributed by atoms with Gasteiger partial charge in [0.25, 0.3) is 5.91 Å². The van der Waals surface area contributed by atoms with Gasteiger partial charge in [0.2, 0.25) is 5.91 Å². The molecular formula is C17H20Cl2N2O5. The van der Waals surface area contributed by atoms with Gasteiger partial charge in [-0.3, -0.25) is 9.59 Å². The number of benzene rings is 1. The molecule has 2 N–H and O–H groups in total. The Morgan fingerprint density at radius 2 is 2.04 bits per heavy atom. The molecular weight excluding hydrogens is 383 g/mol. The zero-order valence-corrected chi connectivity index (χ0v) is 15.8. The van der Waals surface area contributed by atoms with E-state index in [0.29, 0.717) is 18.0 Å². The van der Waals surface area contributed by atoms with Gasteiger partial charge >= 0.3 is 5.97 Å². The number of nitrogens with two attached hydrogens (primary N) is 1. The van der Waals surface area contributed by atoms with Crippen LogP contribution in [0.25, 0.3) is 0 Å². The number of amides is 2. The Bertz CT molecular complexity index is 698. The summed E-state index contributed by atoms with van der Waals surface area (Å²) in [6, 6.07) is 3.94. The van der Waals surface area contributed by atoms with Crippen LogP contribution in [-0.2, 0) is 19.1 Å². The van der Waals surface area contributed by atoms with Crippen LogP contribution < -0.4 is 10.5 Å².